The zero-order valence-corrected chi connectivity index (χ0v) is 19.8. The fourth-order valence-corrected chi connectivity index (χ4v) is 4.26. The predicted molar refractivity (Wildman–Crippen MR) is 131 cm³/mol. The van der Waals surface area contributed by atoms with Gasteiger partial charge in [0.1, 0.15) is 5.75 Å². The Balaban J connectivity index is 1.72. The van der Waals surface area contributed by atoms with E-state index in [4.69, 9.17) is 4.74 Å². The zero-order valence-electron chi connectivity index (χ0n) is 19.8. The van der Waals surface area contributed by atoms with Crippen LogP contribution in [0.15, 0.2) is 60.7 Å². The van der Waals surface area contributed by atoms with Gasteiger partial charge in [-0.25, -0.2) is 4.79 Å². The Labute approximate surface area is 192 Å². The number of hydrogen-bond acceptors (Lipinski definition) is 3. The van der Waals surface area contributed by atoms with Crippen molar-refractivity contribution in [1.82, 2.24) is 0 Å². The highest BCUT2D eigenvalue weighted by Crippen LogP contribution is 2.39. The van der Waals surface area contributed by atoms with Gasteiger partial charge in [-0.15, -0.1) is 0 Å². The Morgan fingerprint density at radius 1 is 0.906 bits per heavy atom. The van der Waals surface area contributed by atoms with Crippen molar-refractivity contribution >= 4 is 11.8 Å². The molecule has 3 rings (SSSR count). The van der Waals surface area contributed by atoms with Crippen LogP contribution in [0.2, 0.25) is 0 Å². The van der Waals surface area contributed by atoms with Gasteiger partial charge in [-0.1, -0.05) is 57.7 Å². The zero-order chi connectivity index (χ0) is 23.5. The Hall–Kier alpha value is -2.94. The van der Waals surface area contributed by atoms with E-state index in [2.05, 4.69) is 51.3 Å². The van der Waals surface area contributed by atoms with E-state index in [1.165, 1.54) is 27.8 Å². The van der Waals surface area contributed by atoms with Crippen molar-refractivity contribution in [3.63, 3.8) is 0 Å². The molecule has 0 unspecified atom stereocenters. The first kappa shape index (κ1) is 23.7. The summed E-state index contributed by atoms with van der Waals surface area (Å²) in [7, 11) is 0. The topological polar surface area (TPSA) is 43.4 Å². The van der Waals surface area contributed by atoms with Gasteiger partial charge in [0, 0.05) is 12.0 Å². The molecule has 0 heterocycles. The molecule has 0 radical (unpaired) electrons. The third kappa shape index (κ3) is 5.45. The number of benzene rings is 2. The van der Waals surface area contributed by atoms with Gasteiger partial charge in [-0.3, -0.25) is 4.79 Å². The SMILES string of the molecule is C=C(C)C(=O)CCCCC(C)(C)c1ccc2c(c1)CCc1cc(OC(=O)C(=C)C)ccc1-2. The highest BCUT2D eigenvalue weighted by molar-refractivity contribution is 5.94. The minimum absolute atomic E-state index is 0.0577. The molecule has 3 heteroatoms. The maximum Gasteiger partial charge on any atom is 0.338 e. The van der Waals surface area contributed by atoms with E-state index in [0.29, 0.717) is 23.3 Å². The fraction of sp³-hybridized carbons (Fsp3) is 0.379. The van der Waals surface area contributed by atoms with Gasteiger partial charge in [0.05, 0.1) is 0 Å². The molecule has 2 aromatic rings. The summed E-state index contributed by atoms with van der Waals surface area (Å²) in [6, 6.07) is 12.7. The first-order chi connectivity index (χ1) is 15.1. The molecule has 2 aromatic carbocycles. The van der Waals surface area contributed by atoms with E-state index in [9.17, 15) is 9.59 Å². The van der Waals surface area contributed by atoms with Crippen molar-refractivity contribution in [1.29, 1.82) is 0 Å². The summed E-state index contributed by atoms with van der Waals surface area (Å²) >= 11 is 0. The van der Waals surface area contributed by atoms with Crippen LogP contribution >= 0.6 is 0 Å². The second-order valence-corrected chi connectivity index (χ2v) is 9.66. The lowest BCUT2D eigenvalue weighted by Crippen LogP contribution is -2.18. The van der Waals surface area contributed by atoms with E-state index < -0.39 is 5.97 Å². The summed E-state index contributed by atoms with van der Waals surface area (Å²) in [5.74, 6) is 0.355. The Kier molecular flexibility index (Phi) is 7.18. The molecule has 0 bridgehead atoms. The number of carbonyl (C=O) groups is 2. The number of allylic oxidation sites excluding steroid dienone is 1. The third-order valence-corrected chi connectivity index (χ3v) is 6.41. The molecular weight excluding hydrogens is 396 g/mol. The lowest BCUT2D eigenvalue weighted by Gasteiger charge is -2.28. The quantitative estimate of drug-likeness (QED) is 0.188. The van der Waals surface area contributed by atoms with Crippen molar-refractivity contribution in [2.24, 2.45) is 0 Å². The van der Waals surface area contributed by atoms with Crippen LogP contribution in [0.4, 0.5) is 0 Å². The van der Waals surface area contributed by atoms with Gasteiger partial charge in [0.15, 0.2) is 5.78 Å². The van der Waals surface area contributed by atoms with Crippen LogP contribution in [0.1, 0.15) is 70.1 Å². The summed E-state index contributed by atoms with van der Waals surface area (Å²) in [6.07, 6.45) is 5.47. The van der Waals surface area contributed by atoms with E-state index >= 15 is 0 Å². The van der Waals surface area contributed by atoms with E-state index in [1.54, 1.807) is 13.8 Å². The highest BCUT2D eigenvalue weighted by Gasteiger charge is 2.24. The van der Waals surface area contributed by atoms with Gasteiger partial charge in [0.2, 0.25) is 0 Å². The molecule has 0 amide bonds. The van der Waals surface area contributed by atoms with Crippen LogP contribution in [0, 0.1) is 0 Å². The van der Waals surface area contributed by atoms with Crippen molar-refractivity contribution < 1.29 is 14.3 Å². The molecule has 1 aliphatic carbocycles. The maximum absolute atomic E-state index is 11.8. The third-order valence-electron chi connectivity index (χ3n) is 6.41. The summed E-state index contributed by atoms with van der Waals surface area (Å²) in [4.78, 5) is 23.6. The molecule has 0 spiro atoms. The van der Waals surface area contributed by atoms with Gasteiger partial charge in [0.25, 0.3) is 0 Å². The molecule has 168 valence electrons. The number of carbonyl (C=O) groups excluding carboxylic acids is 2. The number of hydrogen-bond donors (Lipinski definition) is 0. The average Bonchev–Trinajstić information content (AvgIpc) is 2.75. The molecule has 0 saturated heterocycles. The van der Waals surface area contributed by atoms with E-state index in [0.717, 1.165) is 32.1 Å². The molecule has 0 saturated carbocycles. The smallest absolute Gasteiger partial charge is 0.338 e. The van der Waals surface area contributed by atoms with Crippen molar-refractivity contribution in [2.75, 3.05) is 0 Å². The average molecular weight is 431 g/mol. The summed E-state index contributed by atoms with van der Waals surface area (Å²) in [5.41, 5.74) is 7.50. The number of Topliss-reactive ketones (excluding diaryl/α,β-unsaturated/α-hetero) is 1. The van der Waals surface area contributed by atoms with Crippen LogP contribution in [0.25, 0.3) is 11.1 Å². The van der Waals surface area contributed by atoms with Crippen LogP contribution < -0.4 is 4.74 Å². The standard InChI is InChI=1S/C29H34O3/c1-19(2)27(30)9-7-8-16-29(5,6)23-12-14-25-21(17-23)10-11-22-18-24(13-15-26(22)25)32-28(31)20(3)4/h12-15,17-18H,1,3,7-11,16H2,2,4-6H3. The monoisotopic (exact) mass is 430 g/mol. The van der Waals surface area contributed by atoms with Gasteiger partial charge >= 0.3 is 5.97 Å². The number of ether oxygens (including phenoxy) is 1. The molecule has 0 aromatic heterocycles. The first-order valence-corrected chi connectivity index (χ1v) is 11.4. The van der Waals surface area contributed by atoms with Crippen LogP contribution in [-0.4, -0.2) is 11.8 Å². The highest BCUT2D eigenvalue weighted by atomic mass is 16.5. The number of esters is 1. The summed E-state index contributed by atoms with van der Waals surface area (Å²) in [6.45, 7) is 15.4. The van der Waals surface area contributed by atoms with Crippen molar-refractivity contribution in [3.8, 4) is 16.9 Å². The van der Waals surface area contributed by atoms with Crippen molar-refractivity contribution in [3.05, 3.63) is 77.4 Å². The first-order valence-electron chi connectivity index (χ1n) is 11.4. The molecule has 0 fully saturated rings. The second kappa shape index (κ2) is 9.68. The fourth-order valence-electron chi connectivity index (χ4n) is 4.26. The number of ketones is 1. The normalized spacial score (nSPS) is 12.5. The van der Waals surface area contributed by atoms with E-state index in [-0.39, 0.29) is 11.2 Å². The Bertz CT molecular complexity index is 1070. The van der Waals surface area contributed by atoms with Gasteiger partial charge in [-0.05, 0) is 90.5 Å². The number of aryl methyl sites for hydroxylation is 2. The minimum atomic E-state index is -0.392. The largest absolute Gasteiger partial charge is 0.423 e. The lowest BCUT2D eigenvalue weighted by molar-refractivity contribution is -0.130. The molecule has 0 atom stereocenters. The second-order valence-electron chi connectivity index (χ2n) is 9.66. The maximum atomic E-state index is 11.8. The molecule has 0 aliphatic heterocycles. The van der Waals surface area contributed by atoms with E-state index in [1.807, 2.05) is 12.1 Å². The number of fused-ring (bicyclic) bond motifs is 3. The number of unbranched alkanes of at least 4 members (excludes halogenated alkanes) is 1. The van der Waals surface area contributed by atoms with Crippen molar-refractivity contribution in [2.45, 2.75) is 71.6 Å². The Morgan fingerprint density at radius 2 is 1.53 bits per heavy atom. The van der Waals surface area contributed by atoms with Crippen LogP contribution in [0.3, 0.4) is 0 Å². The Morgan fingerprint density at radius 3 is 2.16 bits per heavy atom. The molecular formula is C29H34O3. The van der Waals surface area contributed by atoms with Gasteiger partial charge < -0.3 is 4.74 Å². The molecule has 0 N–H and O–H groups in total. The molecule has 32 heavy (non-hydrogen) atoms. The summed E-state index contributed by atoms with van der Waals surface area (Å²) < 4.78 is 5.40. The van der Waals surface area contributed by atoms with Crippen LogP contribution in [0.5, 0.6) is 5.75 Å². The number of rotatable bonds is 9. The minimum Gasteiger partial charge on any atom is -0.423 e. The molecule has 1 aliphatic rings. The lowest BCUT2D eigenvalue weighted by atomic mass is 9.76. The van der Waals surface area contributed by atoms with Crippen LogP contribution in [-0.2, 0) is 27.8 Å². The summed E-state index contributed by atoms with van der Waals surface area (Å²) in [5, 5.41) is 0. The predicted octanol–water partition coefficient (Wildman–Crippen LogP) is 6.92. The van der Waals surface area contributed by atoms with Gasteiger partial charge in [-0.2, -0.15) is 0 Å². The molecule has 3 nitrogen and oxygen atoms in total.